The summed E-state index contributed by atoms with van der Waals surface area (Å²) < 4.78 is 24.2. The van der Waals surface area contributed by atoms with Crippen LogP contribution in [-0.4, -0.2) is 23.4 Å². The van der Waals surface area contributed by atoms with Gasteiger partial charge in [-0.15, -0.1) is 0 Å². The Kier molecular flexibility index (Phi) is 6.26. The molecular formula is C17H22NO5P. The van der Waals surface area contributed by atoms with E-state index in [1.165, 1.54) is 18.2 Å². The molecule has 130 valence electrons. The number of para-hydroxylation sites is 1. The number of anilines is 1. The average molecular weight is 351 g/mol. The lowest BCUT2D eigenvalue weighted by Crippen LogP contribution is -2.15. The zero-order chi connectivity index (χ0) is 17.6. The third-order valence-corrected chi connectivity index (χ3v) is 5.60. The van der Waals surface area contributed by atoms with E-state index >= 15 is 0 Å². The number of phenols is 2. The van der Waals surface area contributed by atoms with Gasteiger partial charge >= 0.3 is 7.60 Å². The minimum atomic E-state index is -3.61. The first-order valence-corrected chi connectivity index (χ1v) is 9.33. The Bertz CT molecular complexity index is 697. The largest absolute Gasteiger partial charge is 0.508 e. The molecule has 0 bridgehead atoms. The van der Waals surface area contributed by atoms with Gasteiger partial charge in [0.15, 0.2) is 5.78 Å². The number of hydrogen-bond donors (Lipinski definition) is 3. The van der Waals surface area contributed by atoms with Crippen LogP contribution >= 0.6 is 7.60 Å². The van der Waals surface area contributed by atoms with E-state index in [-0.39, 0.29) is 24.7 Å². The van der Waals surface area contributed by atoms with Gasteiger partial charge < -0.3 is 24.6 Å². The highest BCUT2D eigenvalue weighted by Crippen LogP contribution is 2.62. The second-order valence-corrected chi connectivity index (χ2v) is 7.14. The number of rotatable bonds is 8. The highest BCUT2D eigenvalue weighted by Gasteiger charge is 2.38. The summed E-state index contributed by atoms with van der Waals surface area (Å²) in [7, 11) is -3.61. The molecule has 0 aromatic heterocycles. The van der Waals surface area contributed by atoms with Crippen LogP contribution in [0.1, 0.15) is 25.2 Å². The molecule has 0 spiro atoms. The van der Waals surface area contributed by atoms with Crippen LogP contribution in [-0.2, 0) is 13.6 Å². The van der Waals surface area contributed by atoms with Gasteiger partial charge in [0.25, 0.3) is 0 Å². The molecule has 2 aromatic rings. The predicted molar refractivity (Wildman–Crippen MR) is 93.4 cm³/mol. The topological polar surface area (TPSA) is 88.0 Å². The van der Waals surface area contributed by atoms with E-state index < -0.39 is 13.4 Å². The first kappa shape index (κ1) is 18.3. The lowest BCUT2D eigenvalue weighted by molar-refractivity contribution is 0.213. The Labute approximate surface area is 141 Å². The molecule has 0 fully saturated rings. The third-order valence-electron chi connectivity index (χ3n) is 3.32. The van der Waals surface area contributed by atoms with E-state index in [2.05, 4.69) is 5.32 Å². The van der Waals surface area contributed by atoms with Gasteiger partial charge in [0.1, 0.15) is 11.5 Å². The van der Waals surface area contributed by atoms with Gasteiger partial charge in [-0.1, -0.05) is 18.2 Å². The summed E-state index contributed by atoms with van der Waals surface area (Å²) in [6.07, 6.45) is 0. The Balaban J connectivity index is 2.49. The molecule has 24 heavy (non-hydrogen) atoms. The van der Waals surface area contributed by atoms with Crippen molar-refractivity contribution in [3.8, 4) is 11.5 Å². The average Bonchev–Trinajstić information content (AvgIpc) is 2.55. The summed E-state index contributed by atoms with van der Waals surface area (Å²) in [4.78, 5) is 0. The molecule has 1 unspecified atom stereocenters. The van der Waals surface area contributed by atoms with Gasteiger partial charge in [-0.2, -0.15) is 0 Å². The molecule has 2 rings (SSSR count). The molecule has 0 heterocycles. The zero-order valence-corrected chi connectivity index (χ0v) is 14.6. The van der Waals surface area contributed by atoms with Crippen LogP contribution in [0.15, 0.2) is 48.5 Å². The maximum atomic E-state index is 13.3. The fraction of sp³-hybridized carbons (Fsp3) is 0.294. The normalized spacial score (nSPS) is 12.8. The standard InChI is InChI=1S/C17H22NO5P/c1-3-22-24(21,23-4-2)17(18-13-8-6-5-7-9-13)15-11-10-14(19)12-16(15)20/h5-12,17-20H,3-4H2,1-2H3. The Morgan fingerprint density at radius 1 is 1.04 bits per heavy atom. The van der Waals surface area contributed by atoms with Gasteiger partial charge in [0.05, 0.1) is 13.2 Å². The highest BCUT2D eigenvalue weighted by molar-refractivity contribution is 7.54. The van der Waals surface area contributed by atoms with Gasteiger partial charge in [-0.3, -0.25) is 4.57 Å². The molecule has 0 aliphatic carbocycles. The summed E-state index contributed by atoms with van der Waals surface area (Å²) in [6.45, 7) is 3.84. The lowest BCUT2D eigenvalue weighted by atomic mass is 10.2. The van der Waals surface area contributed by atoms with Gasteiger partial charge in [-0.25, -0.2) is 0 Å². The minimum absolute atomic E-state index is 0.0858. The molecule has 6 nitrogen and oxygen atoms in total. The van der Waals surface area contributed by atoms with E-state index in [0.717, 1.165) is 0 Å². The molecule has 0 radical (unpaired) electrons. The first-order chi connectivity index (χ1) is 11.5. The minimum Gasteiger partial charge on any atom is -0.508 e. The molecule has 3 N–H and O–H groups in total. The molecular weight excluding hydrogens is 329 g/mol. The first-order valence-electron chi connectivity index (χ1n) is 7.72. The van der Waals surface area contributed by atoms with Crippen molar-refractivity contribution in [3.63, 3.8) is 0 Å². The van der Waals surface area contributed by atoms with Crippen LogP contribution in [0, 0.1) is 0 Å². The summed E-state index contributed by atoms with van der Waals surface area (Å²) in [5, 5.41) is 22.8. The lowest BCUT2D eigenvalue weighted by Gasteiger charge is -2.28. The van der Waals surface area contributed by atoms with Gasteiger partial charge in [-0.05, 0) is 38.1 Å². The van der Waals surface area contributed by atoms with E-state index in [4.69, 9.17) is 9.05 Å². The molecule has 0 aliphatic rings. The third kappa shape index (κ3) is 4.29. The van der Waals surface area contributed by atoms with Crippen LogP contribution in [0.5, 0.6) is 11.5 Å². The molecule has 0 amide bonds. The second kappa shape index (κ2) is 8.20. The Hall–Kier alpha value is -2.01. The second-order valence-electron chi connectivity index (χ2n) is 5.03. The van der Waals surface area contributed by atoms with Crippen molar-refractivity contribution in [3.05, 3.63) is 54.1 Å². The molecule has 0 aliphatic heterocycles. The quantitative estimate of drug-likeness (QED) is 0.608. The zero-order valence-electron chi connectivity index (χ0n) is 13.7. The Morgan fingerprint density at radius 3 is 2.21 bits per heavy atom. The number of aromatic hydroxyl groups is 2. The van der Waals surface area contributed by atoms with Crippen LogP contribution < -0.4 is 5.32 Å². The van der Waals surface area contributed by atoms with Crippen molar-refractivity contribution in [2.45, 2.75) is 19.6 Å². The van der Waals surface area contributed by atoms with Crippen molar-refractivity contribution < 1.29 is 23.8 Å². The summed E-state index contributed by atoms with van der Waals surface area (Å²) >= 11 is 0. The molecule has 0 saturated heterocycles. The van der Waals surface area contributed by atoms with E-state index in [1.54, 1.807) is 13.8 Å². The summed E-state index contributed by atoms with van der Waals surface area (Å²) in [5.74, 6) is -1.19. The van der Waals surface area contributed by atoms with Crippen molar-refractivity contribution in [2.24, 2.45) is 0 Å². The summed E-state index contributed by atoms with van der Waals surface area (Å²) in [5.41, 5.74) is 1.02. The van der Waals surface area contributed by atoms with Gasteiger partial charge in [0.2, 0.25) is 0 Å². The van der Waals surface area contributed by atoms with Gasteiger partial charge in [0, 0.05) is 17.3 Å². The fourth-order valence-electron chi connectivity index (χ4n) is 2.33. The monoisotopic (exact) mass is 351 g/mol. The van der Waals surface area contributed by atoms with E-state index in [1.807, 2.05) is 30.3 Å². The smallest absolute Gasteiger partial charge is 0.357 e. The maximum Gasteiger partial charge on any atom is 0.357 e. The van der Waals surface area contributed by atoms with Crippen molar-refractivity contribution >= 4 is 13.3 Å². The number of benzene rings is 2. The molecule has 0 saturated carbocycles. The SMILES string of the molecule is CCOP(=O)(OCC)C(Nc1ccccc1)c1ccc(O)cc1O. The van der Waals surface area contributed by atoms with Crippen molar-refractivity contribution in [1.29, 1.82) is 0 Å². The summed E-state index contributed by atoms with van der Waals surface area (Å²) in [6, 6.07) is 13.3. The number of hydrogen-bond acceptors (Lipinski definition) is 6. The molecule has 2 aromatic carbocycles. The van der Waals surface area contributed by atoms with Crippen molar-refractivity contribution in [2.75, 3.05) is 18.5 Å². The van der Waals surface area contributed by atoms with E-state index in [9.17, 15) is 14.8 Å². The van der Waals surface area contributed by atoms with Crippen LogP contribution in [0.25, 0.3) is 0 Å². The van der Waals surface area contributed by atoms with Crippen molar-refractivity contribution in [1.82, 2.24) is 0 Å². The number of phenolic OH excluding ortho intramolecular Hbond substituents is 2. The van der Waals surface area contributed by atoms with Crippen LogP contribution in [0.4, 0.5) is 5.69 Å². The van der Waals surface area contributed by atoms with Crippen LogP contribution in [0.3, 0.4) is 0 Å². The number of nitrogens with one attached hydrogen (secondary N) is 1. The molecule has 1 atom stereocenters. The highest BCUT2D eigenvalue weighted by atomic mass is 31.2. The van der Waals surface area contributed by atoms with E-state index in [0.29, 0.717) is 11.3 Å². The van der Waals surface area contributed by atoms with Crippen LogP contribution in [0.2, 0.25) is 0 Å². The molecule has 7 heteroatoms. The predicted octanol–water partition coefficient (Wildman–Crippen LogP) is 4.47. The Morgan fingerprint density at radius 2 is 1.67 bits per heavy atom. The maximum absolute atomic E-state index is 13.3. The fourth-order valence-corrected chi connectivity index (χ4v) is 4.29.